The number of esters is 2. The second kappa shape index (κ2) is 6.11. The molecule has 0 fully saturated rings. The van der Waals surface area contributed by atoms with E-state index >= 15 is 0 Å². The Bertz CT molecular complexity index is 509. The van der Waals surface area contributed by atoms with Crippen LogP contribution in [0, 0.1) is 6.92 Å². The van der Waals surface area contributed by atoms with Crippen LogP contribution in [0.1, 0.15) is 66.7 Å². The molecule has 0 saturated carbocycles. The van der Waals surface area contributed by atoms with Crippen LogP contribution >= 0.6 is 0 Å². The maximum absolute atomic E-state index is 12.2. The van der Waals surface area contributed by atoms with E-state index in [2.05, 4.69) is 4.98 Å². The molecule has 20 heavy (non-hydrogen) atoms. The van der Waals surface area contributed by atoms with Crippen molar-refractivity contribution in [1.82, 2.24) is 4.98 Å². The van der Waals surface area contributed by atoms with Crippen molar-refractivity contribution in [2.45, 2.75) is 53.6 Å². The lowest BCUT2D eigenvalue weighted by Gasteiger charge is -2.19. The summed E-state index contributed by atoms with van der Waals surface area (Å²) in [4.78, 5) is 27.1. The minimum Gasteiger partial charge on any atom is -0.462 e. The van der Waals surface area contributed by atoms with Crippen molar-refractivity contribution in [3.05, 3.63) is 22.5 Å². The molecule has 5 nitrogen and oxygen atoms in total. The van der Waals surface area contributed by atoms with Crippen molar-refractivity contribution < 1.29 is 19.1 Å². The first-order chi connectivity index (χ1) is 9.21. The van der Waals surface area contributed by atoms with Gasteiger partial charge in [0.25, 0.3) is 0 Å². The minimum atomic E-state index is -0.578. The van der Waals surface area contributed by atoms with Gasteiger partial charge in [0, 0.05) is 5.69 Å². The van der Waals surface area contributed by atoms with E-state index in [9.17, 15) is 9.59 Å². The number of hydrogen-bond acceptors (Lipinski definition) is 4. The molecule has 0 aliphatic rings. The number of aryl methyl sites for hydroxylation is 1. The first-order valence-electron chi connectivity index (χ1n) is 6.83. The van der Waals surface area contributed by atoms with Gasteiger partial charge >= 0.3 is 11.9 Å². The van der Waals surface area contributed by atoms with Gasteiger partial charge in [-0.3, -0.25) is 0 Å². The molecule has 0 unspecified atom stereocenters. The van der Waals surface area contributed by atoms with E-state index in [1.165, 1.54) is 0 Å². The molecule has 0 amide bonds. The molecule has 0 spiro atoms. The van der Waals surface area contributed by atoms with E-state index < -0.39 is 17.5 Å². The first kappa shape index (κ1) is 16.3. The molecular weight excluding hydrogens is 258 g/mol. The number of H-pyrrole nitrogens is 1. The molecule has 0 bridgehead atoms. The summed E-state index contributed by atoms with van der Waals surface area (Å²) < 4.78 is 10.4. The normalized spacial score (nSPS) is 11.3. The lowest BCUT2D eigenvalue weighted by molar-refractivity contribution is 0.00622. The third kappa shape index (κ3) is 3.62. The van der Waals surface area contributed by atoms with Gasteiger partial charge in [-0.05, 0) is 46.6 Å². The summed E-state index contributed by atoms with van der Waals surface area (Å²) in [5, 5.41) is 0. The molecule has 0 radical (unpaired) electrons. The summed E-state index contributed by atoms with van der Waals surface area (Å²) >= 11 is 0. The van der Waals surface area contributed by atoms with Gasteiger partial charge in [0.15, 0.2) is 0 Å². The van der Waals surface area contributed by atoms with E-state index in [1.807, 2.05) is 6.92 Å². The number of ether oxygens (including phenoxy) is 2. The molecule has 1 heterocycles. The van der Waals surface area contributed by atoms with Crippen molar-refractivity contribution >= 4 is 11.9 Å². The number of carbonyl (C=O) groups is 2. The zero-order valence-corrected chi connectivity index (χ0v) is 13.0. The summed E-state index contributed by atoms with van der Waals surface area (Å²) in [5.41, 5.74) is 1.47. The molecule has 1 N–H and O–H groups in total. The SMILES string of the molecule is CCOC(=O)c1c(C)[nH]c(C(=O)OC(C)(C)C)c1CC. The van der Waals surface area contributed by atoms with Crippen LogP contribution in [0.4, 0.5) is 0 Å². The molecule has 0 aliphatic heterocycles. The van der Waals surface area contributed by atoms with E-state index in [4.69, 9.17) is 9.47 Å². The van der Waals surface area contributed by atoms with Gasteiger partial charge in [0.1, 0.15) is 11.3 Å². The summed E-state index contributed by atoms with van der Waals surface area (Å²) in [7, 11) is 0. The molecule has 112 valence electrons. The number of rotatable bonds is 4. The predicted octanol–water partition coefficient (Wildman–Crippen LogP) is 3.02. The Labute approximate surface area is 119 Å². The van der Waals surface area contributed by atoms with Crippen LogP contribution in [0.15, 0.2) is 0 Å². The number of aromatic amines is 1. The van der Waals surface area contributed by atoms with Gasteiger partial charge in [-0.1, -0.05) is 6.92 Å². The lowest BCUT2D eigenvalue weighted by Crippen LogP contribution is -2.24. The van der Waals surface area contributed by atoms with Crippen LogP contribution in [0.2, 0.25) is 0 Å². The van der Waals surface area contributed by atoms with Crippen LogP contribution < -0.4 is 0 Å². The van der Waals surface area contributed by atoms with E-state index in [0.717, 1.165) is 0 Å². The summed E-state index contributed by atoms with van der Waals surface area (Å²) in [6, 6.07) is 0. The standard InChI is InChI=1S/C15H23NO4/c1-7-10-11(13(17)19-8-2)9(3)16-12(10)14(18)20-15(4,5)6/h16H,7-8H2,1-6H3. The molecular formula is C15H23NO4. The fourth-order valence-corrected chi connectivity index (χ4v) is 2.01. The Morgan fingerprint density at radius 1 is 1.15 bits per heavy atom. The van der Waals surface area contributed by atoms with Gasteiger partial charge in [-0.2, -0.15) is 0 Å². The first-order valence-corrected chi connectivity index (χ1v) is 6.83. The monoisotopic (exact) mass is 281 g/mol. The van der Waals surface area contributed by atoms with Crippen LogP contribution in [0.3, 0.4) is 0 Å². The Morgan fingerprint density at radius 2 is 1.75 bits per heavy atom. The van der Waals surface area contributed by atoms with Crippen LogP contribution in [0.25, 0.3) is 0 Å². The molecule has 5 heteroatoms. The summed E-state index contributed by atoms with van der Waals surface area (Å²) in [5.74, 6) is -0.860. The predicted molar refractivity (Wildman–Crippen MR) is 76.0 cm³/mol. The van der Waals surface area contributed by atoms with Crippen LogP contribution in [-0.2, 0) is 15.9 Å². The molecule has 0 aromatic carbocycles. The molecule has 1 aromatic rings. The van der Waals surface area contributed by atoms with Gasteiger partial charge in [0.2, 0.25) is 0 Å². The van der Waals surface area contributed by atoms with Crippen molar-refractivity contribution in [1.29, 1.82) is 0 Å². The Balaban J connectivity index is 3.20. The average Bonchev–Trinajstić information content (AvgIpc) is 2.64. The smallest absolute Gasteiger partial charge is 0.355 e. The molecule has 1 aromatic heterocycles. The molecule has 0 atom stereocenters. The zero-order chi connectivity index (χ0) is 15.5. The maximum atomic E-state index is 12.2. The average molecular weight is 281 g/mol. The fraction of sp³-hybridized carbons (Fsp3) is 0.600. The third-order valence-corrected chi connectivity index (χ3v) is 2.73. The Kier molecular flexibility index (Phi) is 4.98. The summed E-state index contributed by atoms with van der Waals surface area (Å²) in [6.07, 6.45) is 0.549. The highest BCUT2D eigenvalue weighted by Gasteiger charge is 2.27. The van der Waals surface area contributed by atoms with E-state index in [-0.39, 0.29) is 0 Å². The lowest BCUT2D eigenvalue weighted by atomic mass is 10.1. The molecule has 0 aliphatic carbocycles. The van der Waals surface area contributed by atoms with Crippen molar-refractivity contribution in [3.63, 3.8) is 0 Å². The topological polar surface area (TPSA) is 68.4 Å². The van der Waals surface area contributed by atoms with Gasteiger partial charge in [-0.25, -0.2) is 9.59 Å². The van der Waals surface area contributed by atoms with Gasteiger partial charge in [-0.15, -0.1) is 0 Å². The minimum absolute atomic E-state index is 0.300. The van der Waals surface area contributed by atoms with Crippen LogP contribution in [0.5, 0.6) is 0 Å². The number of hydrogen-bond donors (Lipinski definition) is 1. The Hall–Kier alpha value is -1.78. The van der Waals surface area contributed by atoms with Crippen molar-refractivity contribution in [2.24, 2.45) is 0 Å². The third-order valence-electron chi connectivity index (χ3n) is 2.73. The number of aromatic nitrogens is 1. The number of carbonyl (C=O) groups excluding carboxylic acids is 2. The van der Waals surface area contributed by atoms with Crippen LogP contribution in [-0.4, -0.2) is 29.1 Å². The largest absolute Gasteiger partial charge is 0.462 e. The van der Waals surface area contributed by atoms with Gasteiger partial charge < -0.3 is 14.5 Å². The zero-order valence-electron chi connectivity index (χ0n) is 13.0. The maximum Gasteiger partial charge on any atom is 0.355 e. The second-order valence-corrected chi connectivity index (χ2v) is 5.55. The highest BCUT2D eigenvalue weighted by atomic mass is 16.6. The van der Waals surface area contributed by atoms with Gasteiger partial charge in [0.05, 0.1) is 12.2 Å². The van der Waals surface area contributed by atoms with Crippen molar-refractivity contribution in [2.75, 3.05) is 6.61 Å². The molecule has 0 saturated heterocycles. The Morgan fingerprint density at radius 3 is 2.20 bits per heavy atom. The van der Waals surface area contributed by atoms with Crippen molar-refractivity contribution in [3.8, 4) is 0 Å². The molecule has 1 rings (SSSR count). The fourth-order valence-electron chi connectivity index (χ4n) is 2.01. The highest BCUT2D eigenvalue weighted by molar-refractivity contribution is 5.98. The highest BCUT2D eigenvalue weighted by Crippen LogP contribution is 2.23. The quantitative estimate of drug-likeness (QED) is 0.861. The second-order valence-electron chi connectivity index (χ2n) is 5.55. The number of nitrogens with one attached hydrogen (secondary N) is 1. The van der Waals surface area contributed by atoms with E-state index in [1.54, 1.807) is 34.6 Å². The summed E-state index contributed by atoms with van der Waals surface area (Å²) in [6.45, 7) is 11.1. The van der Waals surface area contributed by atoms with E-state index in [0.29, 0.717) is 35.5 Å².